The summed E-state index contributed by atoms with van der Waals surface area (Å²) in [5, 5.41) is 3.43. The summed E-state index contributed by atoms with van der Waals surface area (Å²) in [6, 6.07) is 4.24. The average molecular weight is 219 g/mol. The number of aromatic nitrogens is 1. The first-order valence-corrected chi connectivity index (χ1v) is 6.19. The van der Waals surface area contributed by atoms with Gasteiger partial charge in [-0.1, -0.05) is 19.9 Å². The zero-order valence-corrected chi connectivity index (χ0v) is 10.2. The maximum atomic E-state index is 4.56. The fourth-order valence-corrected chi connectivity index (χ4v) is 2.18. The van der Waals surface area contributed by atoms with Gasteiger partial charge in [-0.3, -0.25) is 0 Å². The molecule has 0 aromatic carbocycles. The number of rotatable bonds is 2. The molecule has 0 bridgehead atoms. The minimum absolute atomic E-state index is 0.542. The van der Waals surface area contributed by atoms with Gasteiger partial charge in [0.05, 0.1) is 0 Å². The molecule has 1 aliphatic rings. The zero-order valence-electron chi connectivity index (χ0n) is 10.2. The lowest BCUT2D eigenvalue weighted by Gasteiger charge is -2.24. The molecule has 1 N–H and O–H groups in total. The van der Waals surface area contributed by atoms with E-state index in [9.17, 15) is 0 Å². The molecular weight excluding hydrogens is 198 g/mol. The first kappa shape index (κ1) is 11.4. The first-order chi connectivity index (χ1) is 7.79. The minimum Gasteiger partial charge on any atom is -0.355 e. The molecule has 1 aromatic rings. The molecule has 1 saturated heterocycles. The quantitative estimate of drug-likeness (QED) is 0.824. The van der Waals surface area contributed by atoms with E-state index in [1.165, 1.54) is 17.8 Å². The molecule has 3 heteroatoms. The summed E-state index contributed by atoms with van der Waals surface area (Å²) in [5.74, 6) is 1.72. The van der Waals surface area contributed by atoms with Crippen LogP contribution in [0.25, 0.3) is 0 Å². The van der Waals surface area contributed by atoms with Crippen LogP contribution in [-0.4, -0.2) is 31.2 Å². The van der Waals surface area contributed by atoms with Crippen LogP contribution < -0.4 is 10.2 Å². The van der Waals surface area contributed by atoms with E-state index in [0.29, 0.717) is 5.92 Å². The van der Waals surface area contributed by atoms with Crippen LogP contribution in [0.3, 0.4) is 0 Å². The van der Waals surface area contributed by atoms with Crippen molar-refractivity contribution in [3.8, 4) is 0 Å². The third-order valence-electron chi connectivity index (χ3n) is 3.08. The first-order valence-electron chi connectivity index (χ1n) is 6.19. The van der Waals surface area contributed by atoms with Crippen molar-refractivity contribution >= 4 is 5.82 Å². The van der Waals surface area contributed by atoms with Crippen molar-refractivity contribution in [2.24, 2.45) is 0 Å². The highest BCUT2D eigenvalue weighted by Gasteiger charge is 2.15. The number of nitrogens with zero attached hydrogens (tertiary/aromatic N) is 2. The van der Waals surface area contributed by atoms with Gasteiger partial charge in [0.2, 0.25) is 0 Å². The molecule has 1 aromatic heterocycles. The Morgan fingerprint density at radius 3 is 3.00 bits per heavy atom. The van der Waals surface area contributed by atoms with Gasteiger partial charge >= 0.3 is 0 Å². The van der Waals surface area contributed by atoms with Crippen LogP contribution in [0.1, 0.15) is 31.7 Å². The summed E-state index contributed by atoms with van der Waals surface area (Å²) in [7, 11) is 0. The molecule has 3 nitrogen and oxygen atoms in total. The molecule has 2 heterocycles. The zero-order chi connectivity index (χ0) is 11.4. The Morgan fingerprint density at radius 2 is 2.19 bits per heavy atom. The van der Waals surface area contributed by atoms with Gasteiger partial charge < -0.3 is 10.2 Å². The van der Waals surface area contributed by atoms with E-state index in [1.54, 1.807) is 0 Å². The Labute approximate surface area is 97.9 Å². The standard InChI is InChI=1S/C13H21N3/c1-11(2)12-5-3-7-15-13(12)16-9-4-6-14-8-10-16/h3,5,7,11,14H,4,6,8-10H2,1-2H3. The largest absolute Gasteiger partial charge is 0.355 e. The Morgan fingerprint density at radius 1 is 1.31 bits per heavy atom. The van der Waals surface area contributed by atoms with Gasteiger partial charge in [-0.25, -0.2) is 4.98 Å². The van der Waals surface area contributed by atoms with E-state index in [4.69, 9.17) is 0 Å². The Hall–Kier alpha value is -1.09. The van der Waals surface area contributed by atoms with E-state index in [1.807, 2.05) is 12.3 Å². The van der Waals surface area contributed by atoms with Crippen molar-refractivity contribution in [3.63, 3.8) is 0 Å². The van der Waals surface area contributed by atoms with Crippen LogP contribution >= 0.6 is 0 Å². The molecule has 0 radical (unpaired) electrons. The van der Waals surface area contributed by atoms with E-state index in [-0.39, 0.29) is 0 Å². The smallest absolute Gasteiger partial charge is 0.132 e. The second-order valence-corrected chi connectivity index (χ2v) is 4.66. The molecule has 0 unspecified atom stereocenters. The van der Waals surface area contributed by atoms with E-state index >= 15 is 0 Å². The molecule has 0 amide bonds. The summed E-state index contributed by atoms with van der Waals surface area (Å²) in [4.78, 5) is 6.98. The van der Waals surface area contributed by atoms with Crippen LogP contribution in [-0.2, 0) is 0 Å². The maximum absolute atomic E-state index is 4.56. The van der Waals surface area contributed by atoms with Gasteiger partial charge in [0.15, 0.2) is 0 Å². The summed E-state index contributed by atoms with van der Waals surface area (Å²) in [6.45, 7) is 8.84. The number of hydrogen-bond donors (Lipinski definition) is 1. The lowest BCUT2D eigenvalue weighted by Crippen LogP contribution is -2.29. The van der Waals surface area contributed by atoms with Gasteiger partial charge in [0, 0.05) is 25.8 Å². The van der Waals surface area contributed by atoms with Crippen LogP contribution in [0.5, 0.6) is 0 Å². The predicted octanol–water partition coefficient (Wildman–Crippen LogP) is 2.00. The van der Waals surface area contributed by atoms with Crippen LogP contribution in [0.4, 0.5) is 5.82 Å². The lowest BCUT2D eigenvalue weighted by molar-refractivity contribution is 0.724. The normalized spacial score (nSPS) is 17.6. The van der Waals surface area contributed by atoms with Crippen molar-refractivity contribution in [2.75, 3.05) is 31.1 Å². The van der Waals surface area contributed by atoms with E-state index in [0.717, 1.165) is 26.2 Å². The van der Waals surface area contributed by atoms with Crippen LogP contribution in [0.15, 0.2) is 18.3 Å². The third kappa shape index (κ3) is 2.53. The second-order valence-electron chi connectivity index (χ2n) is 4.66. The van der Waals surface area contributed by atoms with Crippen molar-refractivity contribution in [2.45, 2.75) is 26.2 Å². The topological polar surface area (TPSA) is 28.2 Å². The predicted molar refractivity (Wildman–Crippen MR) is 68.0 cm³/mol. The molecule has 0 aliphatic carbocycles. The number of pyridine rings is 1. The number of hydrogen-bond acceptors (Lipinski definition) is 3. The summed E-state index contributed by atoms with van der Waals surface area (Å²) < 4.78 is 0. The van der Waals surface area contributed by atoms with Gasteiger partial charge in [-0.05, 0) is 30.5 Å². The van der Waals surface area contributed by atoms with Crippen molar-refractivity contribution in [1.82, 2.24) is 10.3 Å². The minimum atomic E-state index is 0.542. The van der Waals surface area contributed by atoms with Crippen LogP contribution in [0.2, 0.25) is 0 Å². The Balaban J connectivity index is 2.23. The van der Waals surface area contributed by atoms with Gasteiger partial charge in [-0.15, -0.1) is 0 Å². The molecule has 0 atom stereocenters. The lowest BCUT2D eigenvalue weighted by atomic mass is 10.0. The fourth-order valence-electron chi connectivity index (χ4n) is 2.18. The van der Waals surface area contributed by atoms with Gasteiger partial charge in [0.25, 0.3) is 0 Å². The molecular formula is C13H21N3. The summed E-state index contributed by atoms with van der Waals surface area (Å²) in [6.07, 6.45) is 3.10. The molecule has 2 rings (SSSR count). The summed E-state index contributed by atoms with van der Waals surface area (Å²) in [5.41, 5.74) is 1.37. The molecule has 0 spiro atoms. The van der Waals surface area contributed by atoms with E-state index in [2.05, 4.69) is 35.1 Å². The van der Waals surface area contributed by atoms with Crippen molar-refractivity contribution in [1.29, 1.82) is 0 Å². The monoisotopic (exact) mass is 219 g/mol. The second kappa shape index (κ2) is 5.30. The van der Waals surface area contributed by atoms with Crippen molar-refractivity contribution in [3.05, 3.63) is 23.9 Å². The molecule has 0 saturated carbocycles. The Bertz CT molecular complexity index is 328. The summed E-state index contributed by atoms with van der Waals surface area (Å²) >= 11 is 0. The number of nitrogens with one attached hydrogen (secondary N) is 1. The van der Waals surface area contributed by atoms with Gasteiger partial charge in [-0.2, -0.15) is 0 Å². The molecule has 1 fully saturated rings. The Kier molecular flexibility index (Phi) is 3.78. The fraction of sp³-hybridized carbons (Fsp3) is 0.615. The third-order valence-corrected chi connectivity index (χ3v) is 3.08. The number of anilines is 1. The highest BCUT2D eigenvalue weighted by Crippen LogP contribution is 2.25. The van der Waals surface area contributed by atoms with E-state index < -0.39 is 0 Å². The molecule has 1 aliphatic heterocycles. The SMILES string of the molecule is CC(C)c1cccnc1N1CCCNCC1. The highest BCUT2D eigenvalue weighted by atomic mass is 15.2. The molecule has 16 heavy (non-hydrogen) atoms. The highest BCUT2D eigenvalue weighted by molar-refractivity contribution is 5.48. The average Bonchev–Trinajstić information content (AvgIpc) is 2.57. The van der Waals surface area contributed by atoms with Crippen molar-refractivity contribution < 1.29 is 0 Å². The van der Waals surface area contributed by atoms with Crippen LogP contribution in [0, 0.1) is 0 Å². The maximum Gasteiger partial charge on any atom is 0.132 e. The van der Waals surface area contributed by atoms with Gasteiger partial charge in [0.1, 0.15) is 5.82 Å². The molecule has 88 valence electrons.